The second kappa shape index (κ2) is 5.13. The van der Waals surface area contributed by atoms with E-state index in [2.05, 4.69) is 20.5 Å². The first-order chi connectivity index (χ1) is 9.74. The van der Waals surface area contributed by atoms with E-state index in [1.807, 2.05) is 31.2 Å². The van der Waals surface area contributed by atoms with E-state index < -0.39 is 0 Å². The van der Waals surface area contributed by atoms with Crippen molar-refractivity contribution >= 4 is 16.8 Å². The first-order valence-electron chi connectivity index (χ1n) is 6.36. The smallest absolute Gasteiger partial charge is 0.272 e. The minimum absolute atomic E-state index is 0.204. The van der Waals surface area contributed by atoms with Crippen LogP contribution in [-0.4, -0.2) is 21.1 Å². The maximum atomic E-state index is 12.1. The van der Waals surface area contributed by atoms with Crippen LogP contribution in [0.2, 0.25) is 0 Å². The zero-order valence-corrected chi connectivity index (χ0v) is 11.1. The average Bonchev–Trinajstić information content (AvgIpc) is 2.90. The second-order valence-corrected chi connectivity index (χ2v) is 4.66. The summed E-state index contributed by atoms with van der Waals surface area (Å²) in [5.41, 5.74) is 3.44. The van der Waals surface area contributed by atoms with Crippen LogP contribution in [0.1, 0.15) is 21.6 Å². The zero-order chi connectivity index (χ0) is 13.9. The number of fused-ring (bicyclic) bond motifs is 1. The fourth-order valence-electron chi connectivity index (χ4n) is 2.00. The number of aromatic nitrogens is 3. The molecule has 5 nitrogen and oxygen atoms in total. The van der Waals surface area contributed by atoms with Gasteiger partial charge in [-0.05, 0) is 18.6 Å². The van der Waals surface area contributed by atoms with Crippen LogP contribution < -0.4 is 5.32 Å². The molecule has 0 aliphatic heterocycles. The highest BCUT2D eigenvalue weighted by Gasteiger charge is 2.13. The van der Waals surface area contributed by atoms with Crippen molar-refractivity contribution < 1.29 is 4.79 Å². The SMILES string of the molecule is Cc1ccc(CNC(=O)c2n[nH]c3ccncc23)cc1. The van der Waals surface area contributed by atoms with Crippen LogP contribution >= 0.6 is 0 Å². The van der Waals surface area contributed by atoms with Crippen LogP contribution in [-0.2, 0) is 6.54 Å². The molecule has 0 aliphatic rings. The van der Waals surface area contributed by atoms with Gasteiger partial charge in [0.05, 0.1) is 10.9 Å². The second-order valence-electron chi connectivity index (χ2n) is 4.66. The van der Waals surface area contributed by atoms with E-state index in [-0.39, 0.29) is 5.91 Å². The summed E-state index contributed by atoms with van der Waals surface area (Å²) in [6.07, 6.45) is 3.30. The first kappa shape index (κ1) is 12.3. The van der Waals surface area contributed by atoms with Crippen LogP contribution in [0.5, 0.6) is 0 Å². The Morgan fingerprint density at radius 1 is 1.25 bits per heavy atom. The third-order valence-corrected chi connectivity index (χ3v) is 3.15. The van der Waals surface area contributed by atoms with Gasteiger partial charge in [0.15, 0.2) is 5.69 Å². The van der Waals surface area contributed by atoms with Crippen molar-refractivity contribution in [2.75, 3.05) is 0 Å². The lowest BCUT2D eigenvalue weighted by atomic mass is 10.1. The Kier molecular flexibility index (Phi) is 3.16. The van der Waals surface area contributed by atoms with Gasteiger partial charge in [0.1, 0.15) is 0 Å². The maximum absolute atomic E-state index is 12.1. The van der Waals surface area contributed by atoms with E-state index in [0.717, 1.165) is 16.5 Å². The van der Waals surface area contributed by atoms with E-state index in [1.54, 1.807) is 18.5 Å². The molecule has 3 aromatic rings. The Morgan fingerprint density at radius 3 is 2.85 bits per heavy atom. The topological polar surface area (TPSA) is 70.7 Å². The maximum Gasteiger partial charge on any atom is 0.272 e. The molecule has 1 aromatic carbocycles. The number of nitrogens with one attached hydrogen (secondary N) is 2. The number of rotatable bonds is 3. The highest BCUT2D eigenvalue weighted by molar-refractivity contribution is 6.04. The van der Waals surface area contributed by atoms with Crippen LogP contribution in [0.25, 0.3) is 10.9 Å². The molecule has 0 spiro atoms. The van der Waals surface area contributed by atoms with Gasteiger partial charge < -0.3 is 5.32 Å². The van der Waals surface area contributed by atoms with Crippen molar-refractivity contribution in [2.24, 2.45) is 0 Å². The molecule has 2 aromatic heterocycles. The number of hydrogen-bond donors (Lipinski definition) is 2. The Bertz CT molecular complexity index is 746. The fraction of sp³-hybridized carbons (Fsp3) is 0.133. The Balaban J connectivity index is 1.75. The molecule has 100 valence electrons. The van der Waals surface area contributed by atoms with Crippen molar-refractivity contribution in [1.82, 2.24) is 20.5 Å². The molecule has 5 heteroatoms. The lowest BCUT2D eigenvalue weighted by molar-refractivity contribution is 0.0947. The predicted molar refractivity (Wildman–Crippen MR) is 76.2 cm³/mol. The zero-order valence-electron chi connectivity index (χ0n) is 11.1. The summed E-state index contributed by atoms with van der Waals surface area (Å²) < 4.78 is 0. The van der Waals surface area contributed by atoms with Gasteiger partial charge in [-0.2, -0.15) is 5.10 Å². The third kappa shape index (κ3) is 2.38. The van der Waals surface area contributed by atoms with Gasteiger partial charge >= 0.3 is 0 Å². The number of benzene rings is 1. The Labute approximate surface area is 116 Å². The predicted octanol–water partition coefficient (Wildman–Crippen LogP) is 2.20. The molecule has 0 atom stereocenters. The molecule has 0 bridgehead atoms. The van der Waals surface area contributed by atoms with Gasteiger partial charge in [0.2, 0.25) is 0 Å². The largest absolute Gasteiger partial charge is 0.347 e. The normalized spacial score (nSPS) is 10.7. The summed E-state index contributed by atoms with van der Waals surface area (Å²) in [6.45, 7) is 2.51. The van der Waals surface area contributed by atoms with E-state index in [4.69, 9.17) is 0 Å². The first-order valence-corrected chi connectivity index (χ1v) is 6.36. The quantitative estimate of drug-likeness (QED) is 0.763. The summed E-state index contributed by atoms with van der Waals surface area (Å²) in [7, 11) is 0. The standard InChI is InChI=1S/C15H14N4O/c1-10-2-4-11(5-3-10)8-17-15(20)14-12-9-16-7-6-13(12)18-19-14/h2-7,9H,8H2,1H3,(H,17,20)(H,18,19). The molecule has 0 fully saturated rings. The van der Waals surface area contributed by atoms with Crippen LogP contribution in [0, 0.1) is 6.92 Å². The number of carbonyl (C=O) groups excluding carboxylic acids is 1. The minimum atomic E-state index is -0.204. The number of pyridine rings is 1. The van der Waals surface area contributed by atoms with Crippen molar-refractivity contribution in [1.29, 1.82) is 0 Å². The summed E-state index contributed by atoms with van der Waals surface area (Å²) >= 11 is 0. The molecule has 2 heterocycles. The van der Waals surface area contributed by atoms with Crippen molar-refractivity contribution in [3.05, 3.63) is 59.5 Å². The third-order valence-electron chi connectivity index (χ3n) is 3.15. The molecule has 0 radical (unpaired) electrons. The monoisotopic (exact) mass is 266 g/mol. The van der Waals surface area contributed by atoms with Crippen molar-refractivity contribution in [3.63, 3.8) is 0 Å². The summed E-state index contributed by atoms with van der Waals surface area (Å²) in [5.74, 6) is -0.204. The number of aromatic amines is 1. The Morgan fingerprint density at radius 2 is 2.05 bits per heavy atom. The van der Waals surface area contributed by atoms with Gasteiger partial charge in [0.25, 0.3) is 5.91 Å². The molecule has 0 saturated carbocycles. The molecule has 3 rings (SSSR count). The minimum Gasteiger partial charge on any atom is -0.347 e. The lowest BCUT2D eigenvalue weighted by Gasteiger charge is -2.04. The number of nitrogens with zero attached hydrogens (tertiary/aromatic N) is 2. The summed E-state index contributed by atoms with van der Waals surface area (Å²) in [6, 6.07) is 9.84. The molecule has 2 N–H and O–H groups in total. The summed E-state index contributed by atoms with van der Waals surface area (Å²) in [4.78, 5) is 16.2. The fourth-order valence-corrected chi connectivity index (χ4v) is 2.00. The molecule has 20 heavy (non-hydrogen) atoms. The molecule has 0 saturated heterocycles. The number of hydrogen-bond acceptors (Lipinski definition) is 3. The number of aryl methyl sites for hydroxylation is 1. The van der Waals surface area contributed by atoms with Crippen molar-refractivity contribution in [2.45, 2.75) is 13.5 Å². The lowest BCUT2D eigenvalue weighted by Crippen LogP contribution is -2.23. The van der Waals surface area contributed by atoms with Crippen molar-refractivity contribution in [3.8, 4) is 0 Å². The molecule has 0 unspecified atom stereocenters. The Hall–Kier alpha value is -2.69. The highest BCUT2D eigenvalue weighted by Crippen LogP contribution is 2.13. The van der Waals surface area contributed by atoms with Gasteiger partial charge in [-0.25, -0.2) is 0 Å². The average molecular weight is 266 g/mol. The molecule has 0 aliphatic carbocycles. The van der Waals surface area contributed by atoms with Gasteiger partial charge in [-0.15, -0.1) is 0 Å². The van der Waals surface area contributed by atoms with E-state index in [9.17, 15) is 4.79 Å². The number of amides is 1. The van der Waals surface area contributed by atoms with E-state index >= 15 is 0 Å². The van der Waals surface area contributed by atoms with Crippen LogP contribution in [0.4, 0.5) is 0 Å². The van der Waals surface area contributed by atoms with Gasteiger partial charge in [0, 0.05) is 18.9 Å². The van der Waals surface area contributed by atoms with E-state index in [0.29, 0.717) is 12.2 Å². The van der Waals surface area contributed by atoms with Gasteiger partial charge in [-0.1, -0.05) is 29.8 Å². The molecular weight excluding hydrogens is 252 g/mol. The van der Waals surface area contributed by atoms with Gasteiger partial charge in [-0.3, -0.25) is 14.9 Å². The number of carbonyl (C=O) groups is 1. The van der Waals surface area contributed by atoms with E-state index in [1.165, 1.54) is 5.56 Å². The van der Waals surface area contributed by atoms with Crippen LogP contribution in [0.3, 0.4) is 0 Å². The molecular formula is C15H14N4O. The summed E-state index contributed by atoms with van der Waals surface area (Å²) in [5, 5.41) is 10.5. The molecule has 1 amide bonds. The van der Waals surface area contributed by atoms with Crippen LogP contribution in [0.15, 0.2) is 42.7 Å². The highest BCUT2D eigenvalue weighted by atomic mass is 16.1. The number of H-pyrrole nitrogens is 1.